The van der Waals surface area contributed by atoms with E-state index in [0.717, 1.165) is 48.6 Å². The molecule has 2 aromatic heterocycles. The number of carbonyl (C=O) groups excluding carboxylic acids is 1. The summed E-state index contributed by atoms with van der Waals surface area (Å²) in [6.45, 7) is 19.8. The highest BCUT2D eigenvalue weighted by Crippen LogP contribution is 2.43. The first kappa shape index (κ1) is 36.7. The number of nitrogens with zero attached hydrogens (tertiary/aromatic N) is 4. The molecule has 1 aromatic carbocycles. The third kappa shape index (κ3) is 7.58. The molecule has 2 saturated heterocycles. The highest BCUT2D eigenvalue weighted by Gasteiger charge is 2.52. The number of hydrogen-bond donors (Lipinski definition) is 0. The van der Waals surface area contributed by atoms with Crippen molar-refractivity contribution < 1.29 is 32.0 Å². The van der Waals surface area contributed by atoms with Crippen LogP contribution in [0.25, 0.3) is 22.2 Å². The van der Waals surface area contributed by atoms with Crippen molar-refractivity contribution in [3.63, 3.8) is 0 Å². The molecule has 1 saturated carbocycles. The number of aromatic nitrogens is 2. The Balaban J connectivity index is 1.55. The van der Waals surface area contributed by atoms with Gasteiger partial charge in [-0.15, -0.1) is 0 Å². The Kier molecular flexibility index (Phi) is 9.65. The van der Waals surface area contributed by atoms with Crippen molar-refractivity contribution >= 4 is 35.1 Å². The summed E-state index contributed by atoms with van der Waals surface area (Å²) in [6, 6.07) is 8.23. The largest absolute Gasteiger partial charge is 0.494 e. The Hall–Kier alpha value is -3.09. The molecule has 0 unspecified atom stereocenters. The van der Waals surface area contributed by atoms with Crippen molar-refractivity contribution in [1.29, 1.82) is 0 Å². The van der Waals surface area contributed by atoms with Crippen molar-refractivity contribution in [1.82, 2.24) is 14.5 Å². The lowest BCUT2D eigenvalue weighted by Gasteiger charge is -2.36. The maximum Gasteiger partial charge on any atom is 0.494 e. The molecule has 8 nitrogen and oxygen atoms in total. The second-order valence-corrected chi connectivity index (χ2v) is 16.5. The molecule has 3 aromatic rings. The van der Waals surface area contributed by atoms with Gasteiger partial charge in [-0.2, -0.15) is 13.2 Å². The molecule has 4 heterocycles. The molecule has 3 fully saturated rings. The van der Waals surface area contributed by atoms with Crippen LogP contribution in [0.15, 0.2) is 30.5 Å². The van der Waals surface area contributed by atoms with E-state index in [1.54, 1.807) is 6.07 Å². The molecule has 0 radical (unpaired) electrons. The highest BCUT2D eigenvalue weighted by molar-refractivity contribution is 6.62. The van der Waals surface area contributed by atoms with Gasteiger partial charge >= 0.3 is 19.3 Å². The van der Waals surface area contributed by atoms with E-state index in [4.69, 9.17) is 19.0 Å². The van der Waals surface area contributed by atoms with Gasteiger partial charge in [0.2, 0.25) is 0 Å². The second kappa shape index (κ2) is 13.2. The van der Waals surface area contributed by atoms with Crippen molar-refractivity contribution in [2.75, 3.05) is 37.7 Å². The number of alkyl halides is 3. The van der Waals surface area contributed by atoms with Gasteiger partial charge in [0.05, 0.1) is 41.1 Å². The van der Waals surface area contributed by atoms with Gasteiger partial charge < -0.3 is 23.5 Å². The molecule has 1 aliphatic carbocycles. The molecule has 50 heavy (non-hydrogen) atoms. The number of pyridine rings is 1. The number of halogens is 3. The number of hydrogen-bond acceptors (Lipinski definition) is 7. The SMILES string of the molecule is CC(=O)OCC(C)(C)Cc1c(-c2cc(N3CCN(C4CC4)CC3)cnc2C(C)C)n(CC(F)(F)F)c2ccc(B3OC(C)(C)C(C)(C)O3)cc12. The first-order valence-corrected chi connectivity index (χ1v) is 18.0. The molecular formula is C38H52BF3N4O4. The smallest absolute Gasteiger partial charge is 0.465 e. The molecular weight excluding hydrogens is 644 g/mol. The topological polar surface area (TPSA) is 69.1 Å². The Bertz CT molecular complexity index is 1720. The van der Waals surface area contributed by atoms with E-state index >= 15 is 0 Å². The fourth-order valence-corrected chi connectivity index (χ4v) is 7.30. The minimum atomic E-state index is -4.49. The van der Waals surface area contributed by atoms with Crippen LogP contribution in [0.4, 0.5) is 18.9 Å². The first-order chi connectivity index (χ1) is 23.3. The van der Waals surface area contributed by atoms with Crippen molar-refractivity contribution in [3.05, 3.63) is 41.7 Å². The number of ether oxygens (including phenoxy) is 1. The van der Waals surface area contributed by atoms with E-state index in [9.17, 15) is 18.0 Å². The minimum absolute atomic E-state index is 0.0506. The van der Waals surface area contributed by atoms with Crippen LogP contribution in [-0.4, -0.2) is 83.7 Å². The van der Waals surface area contributed by atoms with E-state index < -0.39 is 42.4 Å². The van der Waals surface area contributed by atoms with Gasteiger partial charge in [-0.05, 0) is 76.0 Å². The monoisotopic (exact) mass is 696 g/mol. The summed E-state index contributed by atoms with van der Waals surface area (Å²) in [7, 11) is -0.689. The lowest BCUT2D eigenvalue weighted by molar-refractivity contribution is -0.144. The minimum Gasteiger partial charge on any atom is -0.465 e. The van der Waals surface area contributed by atoms with Crippen molar-refractivity contribution in [2.45, 2.75) is 117 Å². The van der Waals surface area contributed by atoms with Crippen molar-refractivity contribution in [2.24, 2.45) is 5.41 Å². The summed E-state index contributed by atoms with van der Waals surface area (Å²) in [5, 5.41) is 0.686. The Morgan fingerprint density at radius 1 is 1.04 bits per heavy atom. The maximum atomic E-state index is 14.6. The molecule has 272 valence electrons. The lowest BCUT2D eigenvalue weighted by Crippen LogP contribution is -2.47. The van der Waals surface area contributed by atoms with Gasteiger partial charge in [-0.3, -0.25) is 14.7 Å². The normalized spacial score (nSPS) is 19.9. The summed E-state index contributed by atoms with van der Waals surface area (Å²) < 4.78 is 63.5. The first-order valence-electron chi connectivity index (χ1n) is 18.0. The van der Waals surface area contributed by atoms with E-state index in [2.05, 4.69) is 9.80 Å². The molecule has 0 N–H and O–H groups in total. The van der Waals surface area contributed by atoms with E-state index in [1.807, 2.05) is 79.8 Å². The molecule has 6 rings (SSSR count). The molecule has 2 aliphatic heterocycles. The van der Waals surface area contributed by atoms with E-state index in [-0.39, 0.29) is 12.5 Å². The van der Waals surface area contributed by atoms with Crippen LogP contribution >= 0.6 is 0 Å². The number of benzene rings is 1. The average Bonchev–Trinajstić information content (AvgIpc) is 3.79. The van der Waals surface area contributed by atoms with Crippen LogP contribution in [0.5, 0.6) is 0 Å². The number of esters is 1. The zero-order chi connectivity index (χ0) is 36.4. The molecule has 0 bridgehead atoms. The molecule has 0 atom stereocenters. The standard InChI is InChI=1S/C38H52BF3N4O4/c1-24(2)33-30(19-28(21-43-33)45-16-14-44(15-17-45)27-11-12-27)34-31(20-35(4,5)23-48-25(3)47)29-18-26(39-49-36(6,7)37(8,9)50-39)10-13-32(29)46(34)22-38(40,41)42/h10,13,18-19,21,24,27H,11-12,14-17,20,22-23H2,1-9H3. The third-order valence-electron chi connectivity index (χ3n) is 10.8. The third-order valence-corrected chi connectivity index (χ3v) is 10.8. The van der Waals surface area contributed by atoms with E-state index in [0.29, 0.717) is 34.6 Å². The fraction of sp³-hybridized carbons (Fsp3) is 0.632. The van der Waals surface area contributed by atoms with Crippen LogP contribution in [0, 0.1) is 5.41 Å². The summed E-state index contributed by atoms with van der Waals surface area (Å²) in [4.78, 5) is 21.7. The zero-order valence-electron chi connectivity index (χ0n) is 31.0. The Morgan fingerprint density at radius 3 is 2.24 bits per heavy atom. The van der Waals surface area contributed by atoms with Gasteiger partial charge in [-0.25, -0.2) is 0 Å². The Morgan fingerprint density at radius 2 is 1.68 bits per heavy atom. The van der Waals surface area contributed by atoms with Crippen molar-refractivity contribution in [3.8, 4) is 11.3 Å². The number of anilines is 1. The predicted octanol–water partition coefficient (Wildman–Crippen LogP) is 7.10. The van der Waals surface area contributed by atoms with Gasteiger partial charge in [0.25, 0.3) is 0 Å². The summed E-state index contributed by atoms with van der Waals surface area (Å²) in [6.07, 6.45) is 0.253. The molecule has 3 aliphatic rings. The number of piperazine rings is 1. The van der Waals surface area contributed by atoms with Crippen LogP contribution in [-0.2, 0) is 31.8 Å². The fourth-order valence-electron chi connectivity index (χ4n) is 7.30. The second-order valence-electron chi connectivity index (χ2n) is 16.5. The molecule has 0 amide bonds. The summed E-state index contributed by atoms with van der Waals surface area (Å²) >= 11 is 0. The average molecular weight is 697 g/mol. The number of fused-ring (bicyclic) bond motifs is 1. The summed E-state index contributed by atoms with van der Waals surface area (Å²) in [5.74, 6) is -0.452. The lowest BCUT2D eigenvalue weighted by atomic mass is 9.77. The zero-order valence-corrected chi connectivity index (χ0v) is 31.0. The van der Waals surface area contributed by atoms with Gasteiger partial charge in [-0.1, -0.05) is 39.8 Å². The number of carbonyl (C=O) groups is 1. The highest BCUT2D eigenvalue weighted by atomic mass is 19.4. The summed E-state index contributed by atoms with van der Waals surface area (Å²) in [5.41, 5.74) is 3.01. The van der Waals surface area contributed by atoms with Crippen LogP contribution in [0.3, 0.4) is 0 Å². The maximum absolute atomic E-state index is 14.6. The quantitative estimate of drug-likeness (QED) is 0.166. The van der Waals surface area contributed by atoms with Gasteiger partial charge in [0.1, 0.15) is 6.54 Å². The number of rotatable bonds is 10. The van der Waals surface area contributed by atoms with Crippen LogP contribution < -0.4 is 10.4 Å². The van der Waals surface area contributed by atoms with Crippen LogP contribution in [0.2, 0.25) is 0 Å². The molecule has 12 heteroatoms. The molecule has 0 spiro atoms. The van der Waals surface area contributed by atoms with Gasteiger partial charge in [0, 0.05) is 61.0 Å². The predicted molar refractivity (Wildman–Crippen MR) is 192 cm³/mol. The van der Waals surface area contributed by atoms with Gasteiger partial charge in [0.15, 0.2) is 0 Å². The van der Waals surface area contributed by atoms with E-state index in [1.165, 1.54) is 24.3 Å². The van der Waals surface area contributed by atoms with Crippen LogP contribution in [0.1, 0.15) is 92.3 Å². The Labute approximate surface area is 294 Å².